The fourth-order valence-electron chi connectivity index (χ4n) is 3.87. The van der Waals surface area contributed by atoms with Crippen molar-refractivity contribution in [1.29, 1.82) is 0 Å². The van der Waals surface area contributed by atoms with Crippen molar-refractivity contribution in [3.05, 3.63) is 64.1 Å². The molecule has 3 aromatic rings. The number of carboxylic acid groups (broad SMARTS) is 1. The number of hydrogen-bond donors (Lipinski definition) is 1. The van der Waals surface area contributed by atoms with Gasteiger partial charge in [-0.2, -0.15) is 0 Å². The minimum absolute atomic E-state index is 0.105. The van der Waals surface area contributed by atoms with E-state index in [1.165, 1.54) is 20.7 Å². The lowest BCUT2D eigenvalue weighted by Crippen LogP contribution is -2.41. The van der Waals surface area contributed by atoms with Crippen LogP contribution >= 0.6 is 11.3 Å². The summed E-state index contributed by atoms with van der Waals surface area (Å²) in [5.41, 5.74) is 1.22. The average Bonchev–Trinajstić information content (AvgIpc) is 3.08. The molecule has 1 fully saturated rings. The van der Waals surface area contributed by atoms with Gasteiger partial charge in [-0.3, -0.25) is 14.7 Å². The molecule has 4 nitrogen and oxygen atoms in total. The van der Waals surface area contributed by atoms with Crippen molar-refractivity contribution in [2.24, 2.45) is 5.92 Å². The van der Waals surface area contributed by atoms with E-state index in [-0.39, 0.29) is 12.0 Å². The number of carboxylic acids is 1. The number of benzene rings is 1. The molecule has 0 amide bonds. The Hall–Kier alpha value is -2.24. The first-order valence-electron chi connectivity index (χ1n) is 8.98. The van der Waals surface area contributed by atoms with E-state index in [1.54, 1.807) is 11.3 Å². The van der Waals surface area contributed by atoms with Crippen LogP contribution in [0.1, 0.15) is 34.2 Å². The molecule has 4 rings (SSSR count). The zero-order valence-corrected chi connectivity index (χ0v) is 15.6. The van der Waals surface area contributed by atoms with Crippen LogP contribution in [0.15, 0.2) is 48.8 Å². The summed E-state index contributed by atoms with van der Waals surface area (Å²) in [7, 11) is 0. The van der Waals surface area contributed by atoms with E-state index >= 15 is 0 Å². The summed E-state index contributed by atoms with van der Waals surface area (Å²) in [6.07, 6.45) is 5.39. The number of aliphatic carboxylic acids is 1. The van der Waals surface area contributed by atoms with Gasteiger partial charge in [0.2, 0.25) is 0 Å². The quantitative estimate of drug-likeness (QED) is 0.739. The fraction of sp³-hybridized carbons (Fsp3) is 0.333. The lowest BCUT2D eigenvalue weighted by atomic mass is 9.93. The maximum Gasteiger partial charge on any atom is 0.307 e. The predicted octanol–water partition coefficient (Wildman–Crippen LogP) is 4.49. The monoisotopic (exact) mass is 366 g/mol. The van der Waals surface area contributed by atoms with Crippen LogP contribution in [0.5, 0.6) is 0 Å². The third-order valence-corrected chi connectivity index (χ3v) is 6.23. The van der Waals surface area contributed by atoms with Gasteiger partial charge in [-0.25, -0.2) is 0 Å². The van der Waals surface area contributed by atoms with Gasteiger partial charge in [-0.05, 0) is 61.5 Å². The first-order chi connectivity index (χ1) is 12.6. The van der Waals surface area contributed by atoms with Gasteiger partial charge in [-0.15, -0.1) is 11.3 Å². The SMILES string of the molecule is Cc1ccc(C(c2ccc3cnccc3c2)N2CCCC(C(=O)O)C2)s1. The molecule has 1 aromatic carbocycles. The van der Waals surface area contributed by atoms with Crippen LogP contribution in [0.2, 0.25) is 0 Å². The van der Waals surface area contributed by atoms with Crippen LogP contribution in [0.25, 0.3) is 10.8 Å². The number of pyridine rings is 1. The minimum Gasteiger partial charge on any atom is -0.481 e. The Labute approximate surface area is 157 Å². The van der Waals surface area contributed by atoms with Crippen LogP contribution < -0.4 is 0 Å². The third kappa shape index (κ3) is 3.37. The van der Waals surface area contributed by atoms with Crippen molar-refractivity contribution < 1.29 is 9.90 Å². The van der Waals surface area contributed by atoms with E-state index in [4.69, 9.17) is 0 Å². The summed E-state index contributed by atoms with van der Waals surface area (Å²) in [6, 6.07) is 13.0. The first kappa shape index (κ1) is 17.2. The van der Waals surface area contributed by atoms with E-state index in [9.17, 15) is 9.90 Å². The van der Waals surface area contributed by atoms with Crippen molar-refractivity contribution in [2.45, 2.75) is 25.8 Å². The first-order valence-corrected chi connectivity index (χ1v) is 9.80. The van der Waals surface area contributed by atoms with Crippen molar-refractivity contribution in [3.8, 4) is 0 Å². The molecule has 1 aliphatic heterocycles. The van der Waals surface area contributed by atoms with Gasteiger partial charge in [0.05, 0.1) is 12.0 Å². The molecule has 5 heteroatoms. The standard InChI is InChI=1S/C21H22N2O2S/c1-14-4-7-19(26-14)20(23-10-2-3-18(13-23)21(24)25)16-5-6-17-12-22-9-8-15(17)11-16/h4-9,11-12,18,20H,2-3,10,13H2,1H3,(H,24,25). The highest BCUT2D eigenvalue weighted by atomic mass is 32.1. The molecule has 3 heterocycles. The summed E-state index contributed by atoms with van der Waals surface area (Å²) in [4.78, 5) is 20.6. The molecule has 26 heavy (non-hydrogen) atoms. The topological polar surface area (TPSA) is 53.4 Å². The molecule has 2 aromatic heterocycles. The number of aryl methyl sites for hydroxylation is 1. The summed E-state index contributed by atoms with van der Waals surface area (Å²) < 4.78 is 0. The van der Waals surface area contributed by atoms with E-state index in [2.05, 4.69) is 47.1 Å². The summed E-state index contributed by atoms with van der Waals surface area (Å²) in [6.45, 7) is 3.65. The third-order valence-electron chi connectivity index (χ3n) is 5.18. The maximum absolute atomic E-state index is 11.5. The highest BCUT2D eigenvalue weighted by Gasteiger charge is 2.32. The van der Waals surface area contributed by atoms with Gasteiger partial charge >= 0.3 is 5.97 Å². The Morgan fingerprint density at radius 2 is 2.15 bits per heavy atom. The number of thiophene rings is 1. The predicted molar refractivity (Wildman–Crippen MR) is 105 cm³/mol. The summed E-state index contributed by atoms with van der Waals surface area (Å²) in [5, 5.41) is 11.8. The summed E-state index contributed by atoms with van der Waals surface area (Å²) >= 11 is 1.80. The number of aromatic nitrogens is 1. The average molecular weight is 366 g/mol. The lowest BCUT2D eigenvalue weighted by Gasteiger charge is -2.37. The summed E-state index contributed by atoms with van der Waals surface area (Å²) in [5.74, 6) is -0.961. The zero-order valence-electron chi connectivity index (χ0n) is 14.8. The largest absolute Gasteiger partial charge is 0.481 e. The van der Waals surface area contributed by atoms with Gasteiger partial charge in [0.25, 0.3) is 0 Å². The molecule has 1 aliphatic rings. The van der Waals surface area contributed by atoms with Crippen LogP contribution in [-0.4, -0.2) is 34.0 Å². The molecule has 0 radical (unpaired) electrons. The van der Waals surface area contributed by atoms with E-state index in [0.717, 1.165) is 24.8 Å². The van der Waals surface area contributed by atoms with Crippen LogP contribution in [0.3, 0.4) is 0 Å². The molecule has 2 atom stereocenters. The van der Waals surface area contributed by atoms with Gasteiger partial charge < -0.3 is 5.11 Å². The van der Waals surface area contributed by atoms with E-state index < -0.39 is 5.97 Å². The Kier molecular flexibility index (Phi) is 4.74. The van der Waals surface area contributed by atoms with Crippen LogP contribution in [0.4, 0.5) is 0 Å². The number of piperidine rings is 1. The highest BCUT2D eigenvalue weighted by molar-refractivity contribution is 7.12. The van der Waals surface area contributed by atoms with Crippen LogP contribution in [-0.2, 0) is 4.79 Å². The Morgan fingerprint density at radius 1 is 1.27 bits per heavy atom. The smallest absolute Gasteiger partial charge is 0.307 e. The van der Waals surface area contributed by atoms with Gasteiger partial charge in [0.1, 0.15) is 0 Å². The van der Waals surface area contributed by atoms with Crippen molar-refractivity contribution in [3.63, 3.8) is 0 Å². The Bertz CT molecular complexity index is 936. The van der Waals surface area contributed by atoms with E-state index in [1.807, 2.05) is 18.5 Å². The normalized spacial score (nSPS) is 19.5. The van der Waals surface area contributed by atoms with Gasteiger partial charge in [0.15, 0.2) is 0 Å². The fourth-order valence-corrected chi connectivity index (χ4v) is 4.91. The molecule has 0 saturated carbocycles. The Morgan fingerprint density at radius 3 is 2.92 bits per heavy atom. The van der Waals surface area contributed by atoms with Gasteiger partial charge in [-0.1, -0.05) is 12.1 Å². The second-order valence-corrected chi connectivity index (χ2v) is 8.33. The highest BCUT2D eigenvalue weighted by Crippen LogP contribution is 2.37. The molecule has 134 valence electrons. The van der Waals surface area contributed by atoms with Crippen molar-refractivity contribution in [2.75, 3.05) is 13.1 Å². The van der Waals surface area contributed by atoms with Crippen molar-refractivity contribution >= 4 is 28.1 Å². The number of rotatable bonds is 4. The van der Waals surface area contributed by atoms with E-state index in [0.29, 0.717) is 6.54 Å². The molecule has 0 aliphatic carbocycles. The van der Waals surface area contributed by atoms with Gasteiger partial charge in [0, 0.05) is 34.1 Å². The molecule has 0 bridgehead atoms. The number of nitrogens with zero attached hydrogens (tertiary/aromatic N) is 2. The number of fused-ring (bicyclic) bond motifs is 1. The van der Waals surface area contributed by atoms with Crippen molar-refractivity contribution in [1.82, 2.24) is 9.88 Å². The number of hydrogen-bond acceptors (Lipinski definition) is 4. The molecule has 1 saturated heterocycles. The Balaban J connectivity index is 1.76. The minimum atomic E-state index is -0.680. The second-order valence-electron chi connectivity index (χ2n) is 7.01. The zero-order chi connectivity index (χ0) is 18.1. The number of likely N-dealkylation sites (tertiary alicyclic amines) is 1. The molecular weight excluding hydrogens is 344 g/mol. The maximum atomic E-state index is 11.5. The second kappa shape index (κ2) is 7.17. The number of carbonyl (C=O) groups is 1. The molecule has 1 N–H and O–H groups in total. The molecule has 0 spiro atoms. The molecular formula is C21H22N2O2S. The van der Waals surface area contributed by atoms with Crippen LogP contribution in [0, 0.1) is 12.8 Å². The lowest BCUT2D eigenvalue weighted by molar-refractivity contribution is -0.143. The molecule has 2 unspecified atom stereocenters.